The van der Waals surface area contributed by atoms with Crippen LogP contribution in [0, 0.1) is 5.82 Å². The first-order chi connectivity index (χ1) is 7.09. The van der Waals surface area contributed by atoms with Crippen molar-refractivity contribution >= 4 is 27.7 Å². The van der Waals surface area contributed by atoms with Crippen molar-refractivity contribution in [2.45, 2.75) is 13.0 Å². The van der Waals surface area contributed by atoms with Crippen LogP contribution in [0.2, 0.25) is 0 Å². The third-order valence-electron chi connectivity index (χ3n) is 2.27. The molecule has 15 heavy (non-hydrogen) atoms. The Labute approximate surface area is 95.0 Å². The molecule has 1 atom stereocenters. The second kappa shape index (κ2) is 3.81. The summed E-state index contributed by atoms with van der Waals surface area (Å²) >= 11 is 3.08. The third-order valence-corrected chi connectivity index (χ3v) is 2.87. The van der Waals surface area contributed by atoms with Gasteiger partial charge in [0.2, 0.25) is 0 Å². The van der Waals surface area contributed by atoms with Gasteiger partial charge in [0.1, 0.15) is 12.4 Å². The molecule has 0 aliphatic carbocycles. The van der Waals surface area contributed by atoms with Crippen LogP contribution < -0.4 is 4.90 Å². The molecule has 1 aromatic carbocycles. The molecule has 1 fully saturated rings. The molecule has 0 unspecified atom stereocenters. The van der Waals surface area contributed by atoms with Gasteiger partial charge in [-0.15, -0.1) is 0 Å². The second-order valence-corrected chi connectivity index (χ2v) is 4.25. The summed E-state index contributed by atoms with van der Waals surface area (Å²) in [4.78, 5) is 12.9. The van der Waals surface area contributed by atoms with Gasteiger partial charge in [0.15, 0.2) is 0 Å². The molecule has 3 nitrogen and oxygen atoms in total. The van der Waals surface area contributed by atoms with E-state index in [0.717, 1.165) is 0 Å². The number of hydrogen-bond donors (Lipinski definition) is 0. The normalized spacial score (nSPS) is 20.6. The Bertz CT molecular complexity index is 410. The van der Waals surface area contributed by atoms with Crippen LogP contribution in [0.1, 0.15) is 6.92 Å². The highest BCUT2D eigenvalue weighted by molar-refractivity contribution is 9.10. The third kappa shape index (κ3) is 1.84. The Hall–Kier alpha value is -1.10. The van der Waals surface area contributed by atoms with Crippen LogP contribution in [0.25, 0.3) is 0 Å². The summed E-state index contributed by atoms with van der Waals surface area (Å²) in [6.45, 7) is 2.25. The lowest BCUT2D eigenvalue weighted by Gasteiger charge is -2.18. The first-order valence-electron chi connectivity index (χ1n) is 4.50. The molecule has 0 spiro atoms. The summed E-state index contributed by atoms with van der Waals surface area (Å²) in [5.41, 5.74) is 0.637. The summed E-state index contributed by atoms with van der Waals surface area (Å²) in [5, 5.41) is 0. The molecule has 80 valence electrons. The molecule has 0 radical (unpaired) electrons. The lowest BCUT2D eigenvalue weighted by atomic mass is 10.2. The largest absolute Gasteiger partial charge is 0.447 e. The number of carbonyl (C=O) groups is 1. The highest BCUT2D eigenvalue weighted by atomic mass is 79.9. The molecule has 2 rings (SSSR count). The molecular weight excluding hydrogens is 265 g/mol. The van der Waals surface area contributed by atoms with E-state index in [1.165, 1.54) is 11.0 Å². The number of halogens is 2. The molecule has 1 aliphatic heterocycles. The maximum Gasteiger partial charge on any atom is 0.414 e. The number of hydrogen-bond acceptors (Lipinski definition) is 2. The van der Waals surface area contributed by atoms with E-state index in [4.69, 9.17) is 4.74 Å². The van der Waals surface area contributed by atoms with Crippen LogP contribution in [0.5, 0.6) is 0 Å². The van der Waals surface area contributed by atoms with E-state index in [1.807, 2.05) is 6.92 Å². The fourth-order valence-electron chi connectivity index (χ4n) is 1.51. The van der Waals surface area contributed by atoms with Crippen molar-refractivity contribution in [2.24, 2.45) is 0 Å². The predicted octanol–water partition coefficient (Wildman–Crippen LogP) is 2.93. The topological polar surface area (TPSA) is 29.5 Å². The maximum atomic E-state index is 13.0. The van der Waals surface area contributed by atoms with Crippen molar-refractivity contribution in [2.75, 3.05) is 11.5 Å². The average molecular weight is 274 g/mol. The van der Waals surface area contributed by atoms with E-state index in [9.17, 15) is 9.18 Å². The van der Waals surface area contributed by atoms with Gasteiger partial charge < -0.3 is 4.74 Å². The number of nitrogens with zero attached hydrogens (tertiary/aromatic N) is 1. The summed E-state index contributed by atoms with van der Waals surface area (Å²) in [6.07, 6.45) is -0.388. The molecule has 1 aliphatic rings. The van der Waals surface area contributed by atoms with Crippen molar-refractivity contribution in [3.8, 4) is 0 Å². The first kappa shape index (κ1) is 10.4. The maximum absolute atomic E-state index is 13.0. The van der Waals surface area contributed by atoms with Crippen LogP contribution >= 0.6 is 15.9 Å². The van der Waals surface area contributed by atoms with E-state index in [0.29, 0.717) is 16.8 Å². The molecule has 0 saturated carbocycles. The van der Waals surface area contributed by atoms with E-state index < -0.39 is 0 Å². The van der Waals surface area contributed by atoms with Gasteiger partial charge in [0.05, 0.1) is 10.5 Å². The number of rotatable bonds is 1. The number of carbonyl (C=O) groups excluding carboxylic acids is 1. The number of benzene rings is 1. The molecule has 0 bridgehead atoms. The lowest BCUT2D eigenvalue weighted by molar-refractivity contribution is 0.179. The molecule has 0 aromatic heterocycles. The number of cyclic esters (lactones) is 1. The van der Waals surface area contributed by atoms with E-state index >= 15 is 0 Å². The zero-order chi connectivity index (χ0) is 11.0. The first-order valence-corrected chi connectivity index (χ1v) is 5.30. The summed E-state index contributed by atoms with van der Waals surface area (Å²) < 4.78 is 18.2. The zero-order valence-corrected chi connectivity index (χ0v) is 9.62. The van der Waals surface area contributed by atoms with E-state index in [-0.39, 0.29) is 18.0 Å². The minimum atomic E-state index is -0.388. The van der Waals surface area contributed by atoms with Gasteiger partial charge >= 0.3 is 6.09 Å². The van der Waals surface area contributed by atoms with Gasteiger partial charge in [-0.25, -0.2) is 9.18 Å². The molecular formula is C10H9BrFNO2. The molecule has 1 aromatic rings. The second-order valence-electron chi connectivity index (χ2n) is 3.39. The van der Waals surface area contributed by atoms with Crippen LogP contribution in [0.4, 0.5) is 14.9 Å². The van der Waals surface area contributed by atoms with E-state index in [2.05, 4.69) is 15.9 Å². The number of anilines is 1. The number of ether oxygens (including phenoxy) is 1. The van der Waals surface area contributed by atoms with Gasteiger partial charge in [-0.3, -0.25) is 4.90 Å². The molecule has 1 saturated heterocycles. The van der Waals surface area contributed by atoms with Crippen molar-refractivity contribution in [1.82, 2.24) is 0 Å². The fraction of sp³-hybridized carbons (Fsp3) is 0.300. The highest BCUT2D eigenvalue weighted by Gasteiger charge is 2.30. The SMILES string of the molecule is C[C@@H]1COC(=O)N1c1ccc(F)c(Br)c1. The predicted molar refractivity (Wildman–Crippen MR) is 57.4 cm³/mol. The number of amides is 1. The van der Waals surface area contributed by atoms with Gasteiger partial charge in [-0.1, -0.05) is 0 Å². The minimum absolute atomic E-state index is 0.0186. The summed E-state index contributed by atoms with van der Waals surface area (Å²) in [5.74, 6) is -0.348. The molecule has 1 amide bonds. The van der Waals surface area contributed by atoms with Crippen LogP contribution in [-0.2, 0) is 4.74 Å². The molecule has 5 heteroatoms. The Morgan fingerprint density at radius 3 is 2.87 bits per heavy atom. The summed E-state index contributed by atoms with van der Waals surface area (Å²) in [6, 6.07) is 4.43. The van der Waals surface area contributed by atoms with Gasteiger partial charge in [0, 0.05) is 5.69 Å². The standard InChI is InChI=1S/C10H9BrFNO2/c1-6-5-15-10(14)13(6)7-2-3-9(12)8(11)4-7/h2-4,6H,5H2,1H3/t6-/m1/s1. The minimum Gasteiger partial charge on any atom is -0.447 e. The Morgan fingerprint density at radius 1 is 1.60 bits per heavy atom. The van der Waals surface area contributed by atoms with Crippen molar-refractivity contribution < 1.29 is 13.9 Å². The summed E-state index contributed by atoms with van der Waals surface area (Å²) in [7, 11) is 0. The smallest absolute Gasteiger partial charge is 0.414 e. The van der Waals surface area contributed by atoms with Crippen molar-refractivity contribution in [3.05, 3.63) is 28.5 Å². The monoisotopic (exact) mass is 273 g/mol. The van der Waals surface area contributed by atoms with Gasteiger partial charge in [-0.05, 0) is 41.1 Å². The van der Waals surface area contributed by atoms with Crippen LogP contribution in [-0.4, -0.2) is 18.7 Å². The average Bonchev–Trinajstić information content (AvgIpc) is 2.52. The van der Waals surface area contributed by atoms with E-state index in [1.54, 1.807) is 12.1 Å². The fourth-order valence-corrected chi connectivity index (χ4v) is 1.88. The molecule has 1 heterocycles. The van der Waals surface area contributed by atoms with Crippen molar-refractivity contribution in [3.63, 3.8) is 0 Å². The van der Waals surface area contributed by atoms with Crippen LogP contribution in [0.15, 0.2) is 22.7 Å². The Balaban J connectivity index is 2.36. The van der Waals surface area contributed by atoms with Gasteiger partial charge in [0.25, 0.3) is 0 Å². The highest BCUT2D eigenvalue weighted by Crippen LogP contribution is 2.27. The molecule has 0 N–H and O–H groups in total. The van der Waals surface area contributed by atoms with Gasteiger partial charge in [-0.2, -0.15) is 0 Å². The Kier molecular flexibility index (Phi) is 2.65. The van der Waals surface area contributed by atoms with Crippen LogP contribution in [0.3, 0.4) is 0 Å². The zero-order valence-electron chi connectivity index (χ0n) is 8.04. The quantitative estimate of drug-likeness (QED) is 0.788. The lowest BCUT2D eigenvalue weighted by Crippen LogP contribution is -2.30. The van der Waals surface area contributed by atoms with Crippen molar-refractivity contribution in [1.29, 1.82) is 0 Å². The Morgan fingerprint density at radius 2 is 2.33 bits per heavy atom.